The zero-order valence-electron chi connectivity index (χ0n) is 18.4. The fraction of sp³-hybridized carbons (Fsp3) is 0.400. The first-order chi connectivity index (χ1) is 15.3. The van der Waals surface area contributed by atoms with Crippen LogP contribution >= 0.6 is 0 Å². The van der Waals surface area contributed by atoms with E-state index in [4.69, 9.17) is 9.47 Å². The van der Waals surface area contributed by atoms with Gasteiger partial charge in [-0.1, -0.05) is 24.3 Å². The normalized spacial score (nSPS) is 17.0. The molecule has 4 rings (SSSR count). The lowest BCUT2D eigenvalue weighted by Gasteiger charge is -2.36. The molecular formula is C25H27F3N2O2. The summed E-state index contributed by atoms with van der Waals surface area (Å²) in [5.74, 6) is -0.876. The lowest BCUT2D eigenvalue weighted by atomic mass is 9.85. The van der Waals surface area contributed by atoms with Crippen LogP contribution in [-0.4, -0.2) is 25.3 Å². The maximum atomic E-state index is 14.7. The van der Waals surface area contributed by atoms with Crippen LogP contribution in [0, 0.1) is 12.7 Å². The number of methoxy groups -OCH3 is 1. The molecule has 32 heavy (non-hydrogen) atoms. The van der Waals surface area contributed by atoms with Gasteiger partial charge in [-0.2, -0.15) is 0 Å². The van der Waals surface area contributed by atoms with Crippen LogP contribution in [0.1, 0.15) is 54.6 Å². The number of aromatic nitrogens is 1. The van der Waals surface area contributed by atoms with Crippen molar-refractivity contribution in [2.24, 2.45) is 0 Å². The number of fused-ring (bicyclic) bond motifs is 1. The molecule has 0 unspecified atom stereocenters. The third kappa shape index (κ3) is 4.19. The number of nitrogens with zero attached hydrogens (tertiary/aromatic N) is 1. The predicted octanol–water partition coefficient (Wildman–Crippen LogP) is 6.45. The Labute approximate surface area is 185 Å². The van der Waals surface area contributed by atoms with E-state index in [-0.39, 0.29) is 5.56 Å². The van der Waals surface area contributed by atoms with Crippen molar-refractivity contribution in [3.05, 3.63) is 70.7 Å². The third-order valence-electron chi connectivity index (χ3n) is 6.29. The van der Waals surface area contributed by atoms with Crippen molar-refractivity contribution < 1.29 is 22.6 Å². The van der Waals surface area contributed by atoms with Crippen molar-refractivity contribution in [3.8, 4) is 0 Å². The second kappa shape index (κ2) is 9.08. The molecule has 0 amide bonds. The predicted molar refractivity (Wildman–Crippen MR) is 119 cm³/mol. The van der Waals surface area contributed by atoms with Gasteiger partial charge in [0.05, 0.1) is 22.7 Å². The van der Waals surface area contributed by atoms with E-state index in [1.807, 2.05) is 25.1 Å². The molecule has 0 saturated carbocycles. The van der Waals surface area contributed by atoms with Crippen LogP contribution < -0.4 is 5.32 Å². The first kappa shape index (κ1) is 22.6. The summed E-state index contributed by atoms with van der Waals surface area (Å²) in [5, 5.41) is 4.19. The van der Waals surface area contributed by atoms with E-state index < -0.39 is 29.4 Å². The number of alkyl halides is 2. The van der Waals surface area contributed by atoms with Gasteiger partial charge in [0.25, 0.3) is 6.43 Å². The van der Waals surface area contributed by atoms with E-state index in [1.165, 1.54) is 12.1 Å². The number of nitrogens with one attached hydrogen (secondary N) is 1. The Morgan fingerprint density at radius 1 is 1.09 bits per heavy atom. The summed E-state index contributed by atoms with van der Waals surface area (Å²) in [5.41, 5.74) is 2.57. The second-order valence-corrected chi connectivity index (χ2v) is 8.27. The van der Waals surface area contributed by atoms with E-state index >= 15 is 0 Å². The van der Waals surface area contributed by atoms with Gasteiger partial charge in [0.2, 0.25) is 0 Å². The van der Waals surface area contributed by atoms with Crippen molar-refractivity contribution in [3.63, 3.8) is 0 Å². The van der Waals surface area contributed by atoms with Gasteiger partial charge in [0.1, 0.15) is 5.82 Å². The van der Waals surface area contributed by atoms with Crippen LogP contribution in [0.4, 0.5) is 18.9 Å². The number of rotatable bonds is 6. The standard InChI is InChI=1S/C25H27F3N2O2/c1-15-13-22(30-16(2)18-5-4-6-19(23(18)26)24(27)28)20-14-17(7-8-21(20)29-15)25(31-3)9-11-32-12-10-25/h4-8,13-14,16,24H,9-12H2,1-3H3,(H,29,30)/t16-/m1/s1. The molecule has 0 aliphatic carbocycles. The molecule has 1 fully saturated rings. The molecule has 0 radical (unpaired) electrons. The highest BCUT2D eigenvalue weighted by Gasteiger charge is 2.34. The Hall–Kier alpha value is -2.64. The molecule has 3 aromatic rings. The summed E-state index contributed by atoms with van der Waals surface area (Å²) in [4.78, 5) is 4.63. The smallest absolute Gasteiger partial charge is 0.266 e. The zero-order valence-corrected chi connectivity index (χ0v) is 18.4. The number of anilines is 1. The van der Waals surface area contributed by atoms with Crippen LogP contribution in [0.25, 0.3) is 10.9 Å². The monoisotopic (exact) mass is 444 g/mol. The van der Waals surface area contributed by atoms with Gasteiger partial charge in [-0.15, -0.1) is 0 Å². The topological polar surface area (TPSA) is 43.4 Å². The summed E-state index contributed by atoms with van der Waals surface area (Å²) >= 11 is 0. The number of hydrogen-bond donors (Lipinski definition) is 1. The van der Waals surface area contributed by atoms with E-state index in [9.17, 15) is 13.2 Å². The number of halogens is 3. The molecule has 1 saturated heterocycles. The van der Waals surface area contributed by atoms with Gasteiger partial charge in [0.15, 0.2) is 0 Å². The number of pyridine rings is 1. The van der Waals surface area contributed by atoms with Crippen molar-refractivity contribution >= 4 is 16.6 Å². The van der Waals surface area contributed by atoms with Crippen LogP contribution in [0.3, 0.4) is 0 Å². The average molecular weight is 444 g/mol. The van der Waals surface area contributed by atoms with Gasteiger partial charge in [-0.05, 0) is 37.6 Å². The van der Waals surface area contributed by atoms with Crippen LogP contribution in [0.2, 0.25) is 0 Å². The number of hydrogen-bond acceptors (Lipinski definition) is 4. The van der Waals surface area contributed by atoms with E-state index in [1.54, 1.807) is 14.0 Å². The minimum atomic E-state index is -2.86. The second-order valence-electron chi connectivity index (χ2n) is 8.27. The van der Waals surface area contributed by atoms with Crippen molar-refractivity contribution in [1.82, 2.24) is 4.98 Å². The highest BCUT2D eigenvalue weighted by molar-refractivity contribution is 5.92. The number of ether oxygens (including phenoxy) is 2. The molecule has 1 aliphatic heterocycles. The average Bonchev–Trinajstić information content (AvgIpc) is 2.79. The molecule has 2 aromatic carbocycles. The lowest BCUT2D eigenvalue weighted by molar-refractivity contribution is -0.0947. The van der Waals surface area contributed by atoms with Crippen molar-refractivity contribution in [2.45, 2.75) is 44.8 Å². The molecule has 7 heteroatoms. The number of aryl methyl sites for hydroxylation is 1. The van der Waals surface area contributed by atoms with Crippen LogP contribution in [-0.2, 0) is 15.1 Å². The fourth-order valence-electron chi connectivity index (χ4n) is 4.46. The Kier molecular flexibility index (Phi) is 6.40. The molecule has 0 spiro atoms. The van der Waals surface area contributed by atoms with Gasteiger partial charge >= 0.3 is 0 Å². The SMILES string of the molecule is COC1(c2ccc3nc(C)cc(N[C@H](C)c4cccc(C(F)F)c4F)c3c2)CCOCC1. The summed E-state index contributed by atoms with van der Waals surface area (Å²) < 4.78 is 52.5. The Morgan fingerprint density at radius 2 is 1.81 bits per heavy atom. The zero-order chi connectivity index (χ0) is 22.9. The molecule has 1 aliphatic rings. The van der Waals surface area contributed by atoms with Crippen LogP contribution in [0.5, 0.6) is 0 Å². The lowest BCUT2D eigenvalue weighted by Crippen LogP contribution is -2.35. The maximum absolute atomic E-state index is 14.7. The quantitative estimate of drug-likeness (QED) is 0.475. The Bertz CT molecular complexity index is 1110. The Balaban J connectivity index is 1.74. The van der Waals surface area contributed by atoms with Gasteiger partial charge in [0, 0.05) is 55.5 Å². The van der Waals surface area contributed by atoms with Gasteiger partial charge in [-0.25, -0.2) is 13.2 Å². The minimum Gasteiger partial charge on any atom is -0.381 e. The van der Waals surface area contributed by atoms with Crippen molar-refractivity contribution in [1.29, 1.82) is 0 Å². The largest absolute Gasteiger partial charge is 0.381 e. The first-order valence-electron chi connectivity index (χ1n) is 10.7. The maximum Gasteiger partial charge on any atom is 0.266 e. The highest BCUT2D eigenvalue weighted by Crippen LogP contribution is 2.38. The highest BCUT2D eigenvalue weighted by atomic mass is 19.3. The molecule has 170 valence electrons. The summed E-state index contributed by atoms with van der Waals surface area (Å²) in [6.45, 7) is 4.89. The van der Waals surface area contributed by atoms with E-state index in [2.05, 4.69) is 16.4 Å². The van der Waals surface area contributed by atoms with Gasteiger partial charge < -0.3 is 14.8 Å². The number of benzene rings is 2. The van der Waals surface area contributed by atoms with Gasteiger partial charge in [-0.3, -0.25) is 4.98 Å². The summed E-state index contributed by atoms with van der Waals surface area (Å²) in [6, 6.07) is 11.5. The molecule has 1 atom stereocenters. The van der Waals surface area contributed by atoms with Crippen molar-refractivity contribution in [2.75, 3.05) is 25.6 Å². The summed E-state index contributed by atoms with van der Waals surface area (Å²) in [7, 11) is 1.71. The van der Waals surface area contributed by atoms with E-state index in [0.717, 1.165) is 46.8 Å². The Morgan fingerprint density at radius 3 is 2.50 bits per heavy atom. The third-order valence-corrected chi connectivity index (χ3v) is 6.29. The van der Waals surface area contributed by atoms with Crippen LogP contribution in [0.15, 0.2) is 42.5 Å². The molecule has 4 nitrogen and oxygen atoms in total. The minimum absolute atomic E-state index is 0.194. The molecule has 0 bridgehead atoms. The van der Waals surface area contributed by atoms with E-state index in [0.29, 0.717) is 13.2 Å². The molecule has 1 aromatic heterocycles. The summed E-state index contributed by atoms with van der Waals surface area (Å²) in [6.07, 6.45) is -1.36. The fourth-order valence-corrected chi connectivity index (χ4v) is 4.46. The molecule has 1 N–H and O–H groups in total. The first-order valence-corrected chi connectivity index (χ1v) is 10.7. The molecular weight excluding hydrogens is 417 g/mol. The molecule has 2 heterocycles.